The molecule has 3 aromatic rings. The van der Waals surface area contributed by atoms with Crippen molar-refractivity contribution in [3.63, 3.8) is 0 Å². The van der Waals surface area contributed by atoms with Crippen LogP contribution in [0.1, 0.15) is 16.8 Å². The molecule has 170 valence electrons. The molecule has 7 nitrogen and oxygen atoms in total. The lowest BCUT2D eigenvalue weighted by molar-refractivity contribution is 0.295. The van der Waals surface area contributed by atoms with E-state index in [4.69, 9.17) is 4.74 Å². The molecule has 0 spiro atoms. The minimum Gasteiger partial charge on any atom is -0.487 e. The molecular weight excluding hydrogens is 484 g/mol. The van der Waals surface area contributed by atoms with Crippen molar-refractivity contribution in [3.8, 4) is 5.75 Å². The van der Waals surface area contributed by atoms with Crippen molar-refractivity contribution in [2.75, 3.05) is 32.5 Å². The van der Waals surface area contributed by atoms with Crippen LogP contribution in [-0.4, -0.2) is 46.6 Å². The van der Waals surface area contributed by atoms with Crippen LogP contribution in [0.2, 0.25) is 0 Å². The zero-order valence-electron chi connectivity index (χ0n) is 18.0. The largest absolute Gasteiger partial charge is 0.487 e. The number of aromatic nitrogens is 3. The van der Waals surface area contributed by atoms with E-state index in [1.807, 2.05) is 14.1 Å². The van der Waals surface area contributed by atoms with Gasteiger partial charge in [0.1, 0.15) is 28.5 Å². The number of rotatable bonds is 9. The van der Waals surface area contributed by atoms with Crippen LogP contribution in [0.25, 0.3) is 0 Å². The summed E-state index contributed by atoms with van der Waals surface area (Å²) in [6.45, 7) is 3.51. The highest BCUT2D eigenvalue weighted by atomic mass is 79.9. The highest BCUT2D eigenvalue weighted by molar-refractivity contribution is 9.10. The molecule has 2 heterocycles. The Morgan fingerprint density at radius 2 is 1.91 bits per heavy atom. The number of halogens is 3. The first-order valence-electron chi connectivity index (χ1n) is 9.90. The summed E-state index contributed by atoms with van der Waals surface area (Å²) in [5, 5.41) is 3.14. The van der Waals surface area contributed by atoms with Crippen LogP contribution in [-0.2, 0) is 13.2 Å². The van der Waals surface area contributed by atoms with E-state index in [2.05, 4.69) is 36.1 Å². The van der Waals surface area contributed by atoms with Gasteiger partial charge in [0.25, 0.3) is 5.56 Å². The van der Waals surface area contributed by atoms with Gasteiger partial charge in [0, 0.05) is 54.4 Å². The molecule has 0 bridgehead atoms. The standard InChI is InChI=1S/C22H24BrF2N5O2/c1-14-8-19(32-13-16-4-5-17(24)9-18(16)25)20(23)21(31)30(14)12-15-10-27-22(28-11-15)26-6-7-29(2)3/h4-5,8-11H,6-7,12-13H2,1-3H3,(H,26,27,28). The number of likely N-dealkylation sites (N-methyl/N-ethyl adjacent to an activating group) is 1. The van der Waals surface area contributed by atoms with Crippen LogP contribution < -0.4 is 15.6 Å². The fraction of sp³-hybridized carbons (Fsp3) is 0.318. The monoisotopic (exact) mass is 507 g/mol. The molecule has 0 aliphatic carbocycles. The number of hydrogen-bond donors (Lipinski definition) is 1. The zero-order valence-corrected chi connectivity index (χ0v) is 19.6. The summed E-state index contributed by atoms with van der Waals surface area (Å²) in [6, 6.07) is 4.95. The van der Waals surface area contributed by atoms with E-state index < -0.39 is 11.6 Å². The first-order chi connectivity index (χ1) is 15.2. The summed E-state index contributed by atoms with van der Waals surface area (Å²) >= 11 is 3.28. The van der Waals surface area contributed by atoms with Gasteiger partial charge in [-0.15, -0.1) is 0 Å². The third-order valence-electron chi connectivity index (χ3n) is 4.70. The SMILES string of the molecule is Cc1cc(OCc2ccc(F)cc2F)c(Br)c(=O)n1Cc1cnc(NCCN(C)C)nc1. The van der Waals surface area contributed by atoms with E-state index in [0.29, 0.717) is 11.6 Å². The number of nitrogens with one attached hydrogen (secondary N) is 1. The topological polar surface area (TPSA) is 72.3 Å². The van der Waals surface area contributed by atoms with Gasteiger partial charge in [0.05, 0.1) is 6.54 Å². The summed E-state index contributed by atoms with van der Waals surface area (Å²) in [7, 11) is 3.97. The second-order valence-corrected chi connectivity index (χ2v) is 8.32. The maximum absolute atomic E-state index is 13.8. The number of aryl methyl sites for hydroxylation is 1. The highest BCUT2D eigenvalue weighted by Gasteiger charge is 2.14. The molecule has 0 fully saturated rings. The van der Waals surface area contributed by atoms with Crippen LogP contribution in [0.3, 0.4) is 0 Å². The molecule has 10 heteroatoms. The second kappa shape index (κ2) is 10.6. The molecule has 2 aromatic heterocycles. The van der Waals surface area contributed by atoms with Gasteiger partial charge in [-0.05, 0) is 49.1 Å². The molecule has 0 unspecified atom stereocenters. The Balaban J connectivity index is 1.70. The summed E-state index contributed by atoms with van der Waals surface area (Å²) < 4.78 is 34.3. The molecule has 0 saturated carbocycles. The zero-order chi connectivity index (χ0) is 23.3. The maximum atomic E-state index is 13.8. The third kappa shape index (κ3) is 6.10. The van der Waals surface area contributed by atoms with Crippen molar-refractivity contribution in [3.05, 3.63) is 79.9 Å². The molecule has 0 aliphatic rings. The number of pyridine rings is 1. The Morgan fingerprint density at radius 1 is 1.19 bits per heavy atom. The number of hydrogen-bond acceptors (Lipinski definition) is 6. The number of nitrogens with zero attached hydrogens (tertiary/aromatic N) is 4. The van der Waals surface area contributed by atoms with Crippen LogP contribution in [0.5, 0.6) is 5.75 Å². The Labute approximate surface area is 193 Å². The lowest BCUT2D eigenvalue weighted by Crippen LogP contribution is -2.24. The van der Waals surface area contributed by atoms with Gasteiger partial charge < -0.3 is 19.5 Å². The fourth-order valence-electron chi connectivity index (χ4n) is 2.91. The Morgan fingerprint density at radius 3 is 2.56 bits per heavy atom. The molecule has 1 aromatic carbocycles. The predicted molar refractivity (Wildman–Crippen MR) is 122 cm³/mol. The van der Waals surface area contributed by atoms with Gasteiger partial charge in [-0.3, -0.25) is 4.79 Å². The number of benzene rings is 1. The summed E-state index contributed by atoms with van der Waals surface area (Å²) in [5.74, 6) is -0.556. The maximum Gasteiger partial charge on any atom is 0.269 e. The average Bonchev–Trinajstić information content (AvgIpc) is 2.74. The van der Waals surface area contributed by atoms with Gasteiger partial charge in [0.2, 0.25) is 5.95 Å². The van der Waals surface area contributed by atoms with Crippen molar-refractivity contribution in [2.45, 2.75) is 20.1 Å². The first kappa shape index (κ1) is 23.8. The molecule has 0 saturated heterocycles. The van der Waals surface area contributed by atoms with Crippen molar-refractivity contribution in [2.24, 2.45) is 0 Å². The Hall–Kier alpha value is -2.85. The average molecular weight is 508 g/mol. The predicted octanol–water partition coefficient (Wildman–Crippen LogP) is 3.59. The molecule has 0 atom stereocenters. The van der Waals surface area contributed by atoms with Crippen LogP contribution in [0.15, 0.2) is 45.9 Å². The summed E-state index contributed by atoms with van der Waals surface area (Å²) in [6.07, 6.45) is 3.35. The Kier molecular flexibility index (Phi) is 7.92. The number of anilines is 1. The van der Waals surface area contributed by atoms with Gasteiger partial charge in [-0.25, -0.2) is 18.7 Å². The van der Waals surface area contributed by atoms with Gasteiger partial charge in [-0.1, -0.05) is 0 Å². The molecule has 3 rings (SSSR count). The van der Waals surface area contributed by atoms with Gasteiger partial charge >= 0.3 is 0 Å². The summed E-state index contributed by atoms with van der Waals surface area (Å²) in [4.78, 5) is 23.5. The van der Waals surface area contributed by atoms with E-state index >= 15 is 0 Å². The van der Waals surface area contributed by atoms with Crippen molar-refractivity contribution >= 4 is 21.9 Å². The molecule has 0 radical (unpaired) electrons. The van der Waals surface area contributed by atoms with Gasteiger partial charge in [-0.2, -0.15) is 0 Å². The van der Waals surface area contributed by atoms with Crippen LogP contribution in [0, 0.1) is 18.6 Å². The lowest BCUT2D eigenvalue weighted by Gasteiger charge is -2.15. The quantitative estimate of drug-likeness (QED) is 0.477. The minimum atomic E-state index is -0.703. The molecule has 32 heavy (non-hydrogen) atoms. The Bertz CT molecular complexity index is 1140. The molecular formula is C22H24BrF2N5O2. The molecule has 0 aliphatic heterocycles. The van der Waals surface area contributed by atoms with E-state index in [1.54, 1.807) is 30.0 Å². The van der Waals surface area contributed by atoms with Crippen molar-refractivity contribution < 1.29 is 13.5 Å². The third-order valence-corrected chi connectivity index (χ3v) is 5.43. The van der Waals surface area contributed by atoms with Gasteiger partial charge in [0.15, 0.2) is 0 Å². The van der Waals surface area contributed by atoms with Crippen molar-refractivity contribution in [1.82, 2.24) is 19.4 Å². The lowest BCUT2D eigenvalue weighted by atomic mass is 10.2. The van der Waals surface area contributed by atoms with E-state index in [9.17, 15) is 13.6 Å². The second-order valence-electron chi connectivity index (χ2n) is 7.52. The minimum absolute atomic E-state index is 0.135. The number of ether oxygens (including phenoxy) is 1. The summed E-state index contributed by atoms with van der Waals surface area (Å²) in [5.41, 5.74) is 1.31. The normalized spacial score (nSPS) is 11.1. The van der Waals surface area contributed by atoms with E-state index in [1.165, 1.54) is 6.07 Å². The van der Waals surface area contributed by atoms with E-state index in [0.717, 1.165) is 30.8 Å². The van der Waals surface area contributed by atoms with Crippen LogP contribution in [0.4, 0.5) is 14.7 Å². The highest BCUT2D eigenvalue weighted by Crippen LogP contribution is 2.24. The first-order valence-corrected chi connectivity index (χ1v) is 10.7. The molecule has 1 N–H and O–H groups in total. The smallest absolute Gasteiger partial charge is 0.269 e. The van der Waals surface area contributed by atoms with E-state index in [-0.39, 0.29) is 34.5 Å². The van der Waals surface area contributed by atoms with Crippen LogP contribution >= 0.6 is 15.9 Å². The molecule has 0 amide bonds. The van der Waals surface area contributed by atoms with Crippen molar-refractivity contribution in [1.29, 1.82) is 0 Å². The fourth-order valence-corrected chi connectivity index (χ4v) is 3.36.